The van der Waals surface area contributed by atoms with Crippen molar-refractivity contribution in [3.63, 3.8) is 0 Å². The van der Waals surface area contributed by atoms with Gasteiger partial charge in [-0.05, 0) is 36.8 Å². The van der Waals surface area contributed by atoms with Crippen molar-refractivity contribution in [1.29, 1.82) is 0 Å². The van der Waals surface area contributed by atoms with E-state index in [1.165, 1.54) is 24.8 Å². The third-order valence-corrected chi connectivity index (χ3v) is 5.17. The van der Waals surface area contributed by atoms with Crippen LogP contribution in [0.25, 0.3) is 0 Å². The predicted molar refractivity (Wildman–Crippen MR) is 98.3 cm³/mol. The van der Waals surface area contributed by atoms with E-state index < -0.39 is 16.1 Å². The van der Waals surface area contributed by atoms with Crippen molar-refractivity contribution in [1.82, 2.24) is 0 Å². The number of benzene rings is 2. The Morgan fingerprint density at radius 2 is 1.48 bits per heavy atom. The van der Waals surface area contributed by atoms with Crippen molar-refractivity contribution in [2.45, 2.75) is 13.0 Å². The van der Waals surface area contributed by atoms with E-state index in [1.54, 1.807) is 37.4 Å². The summed E-state index contributed by atoms with van der Waals surface area (Å²) in [5.74, 6) is 1.72. The summed E-state index contributed by atoms with van der Waals surface area (Å²) in [7, 11) is 1.12. The van der Waals surface area contributed by atoms with Crippen LogP contribution in [0.5, 0.6) is 17.2 Å². The van der Waals surface area contributed by atoms with Crippen molar-refractivity contribution in [2.75, 3.05) is 31.9 Å². The molecule has 2 aromatic carbocycles. The van der Waals surface area contributed by atoms with Gasteiger partial charge in [0.05, 0.1) is 39.3 Å². The lowest BCUT2D eigenvalue weighted by atomic mass is 10.1. The highest BCUT2D eigenvalue weighted by molar-refractivity contribution is 7.92. The standard InChI is InChI=1S/C18H23NO5S/c1-13(14-6-9-16(22-2)10-7-14)19(25(5,20)21)15-8-11-17(23-3)18(12-15)24-4/h6-13H,1-5H3. The minimum absolute atomic E-state index is 0.404. The Hall–Kier alpha value is -2.41. The summed E-state index contributed by atoms with van der Waals surface area (Å²) in [6, 6.07) is 11.9. The molecule has 0 heterocycles. The molecule has 0 saturated carbocycles. The van der Waals surface area contributed by atoms with Crippen molar-refractivity contribution in [3.8, 4) is 17.2 Å². The second-order valence-electron chi connectivity index (χ2n) is 5.55. The number of hydrogen-bond acceptors (Lipinski definition) is 5. The SMILES string of the molecule is COc1ccc(C(C)N(c2ccc(OC)c(OC)c2)S(C)(=O)=O)cc1. The maximum absolute atomic E-state index is 12.5. The molecular formula is C18H23NO5S. The third-order valence-electron chi connectivity index (χ3n) is 3.93. The van der Waals surface area contributed by atoms with Crippen molar-refractivity contribution >= 4 is 15.7 Å². The van der Waals surface area contributed by atoms with E-state index in [2.05, 4.69) is 0 Å². The highest BCUT2D eigenvalue weighted by atomic mass is 32.2. The molecule has 25 heavy (non-hydrogen) atoms. The average Bonchev–Trinajstić information content (AvgIpc) is 2.60. The summed E-state index contributed by atoms with van der Waals surface area (Å²) in [5.41, 5.74) is 1.35. The summed E-state index contributed by atoms with van der Waals surface area (Å²) in [4.78, 5) is 0. The molecule has 0 fully saturated rings. The minimum Gasteiger partial charge on any atom is -0.497 e. The Balaban J connectivity index is 2.49. The molecule has 0 bridgehead atoms. The second kappa shape index (κ2) is 7.65. The average molecular weight is 365 g/mol. The predicted octanol–water partition coefficient (Wildman–Crippen LogP) is 3.24. The molecule has 0 N–H and O–H groups in total. The van der Waals surface area contributed by atoms with Gasteiger partial charge in [-0.3, -0.25) is 4.31 Å². The highest BCUT2D eigenvalue weighted by Gasteiger charge is 2.26. The zero-order valence-electron chi connectivity index (χ0n) is 15.0. The zero-order chi connectivity index (χ0) is 18.6. The molecule has 0 amide bonds. The van der Waals surface area contributed by atoms with Crippen LogP contribution in [0.2, 0.25) is 0 Å². The maximum Gasteiger partial charge on any atom is 0.232 e. The molecule has 2 aromatic rings. The lowest BCUT2D eigenvalue weighted by Gasteiger charge is -2.30. The van der Waals surface area contributed by atoms with Gasteiger partial charge in [0.1, 0.15) is 5.75 Å². The van der Waals surface area contributed by atoms with E-state index in [0.29, 0.717) is 22.9 Å². The first kappa shape index (κ1) is 18.9. The van der Waals surface area contributed by atoms with Crippen LogP contribution in [-0.2, 0) is 10.0 Å². The molecule has 1 atom stereocenters. The van der Waals surface area contributed by atoms with Crippen molar-refractivity contribution < 1.29 is 22.6 Å². The lowest BCUT2D eigenvalue weighted by Crippen LogP contribution is -2.32. The fourth-order valence-corrected chi connectivity index (χ4v) is 3.87. The number of sulfonamides is 1. The van der Waals surface area contributed by atoms with Gasteiger partial charge in [-0.15, -0.1) is 0 Å². The first-order valence-electron chi connectivity index (χ1n) is 7.67. The number of anilines is 1. The van der Waals surface area contributed by atoms with Crippen LogP contribution in [-0.4, -0.2) is 36.0 Å². The number of nitrogens with zero attached hydrogens (tertiary/aromatic N) is 1. The van der Waals surface area contributed by atoms with Gasteiger partial charge in [0.25, 0.3) is 0 Å². The van der Waals surface area contributed by atoms with Gasteiger partial charge >= 0.3 is 0 Å². The smallest absolute Gasteiger partial charge is 0.232 e. The molecule has 0 aliphatic rings. The van der Waals surface area contributed by atoms with Gasteiger partial charge in [-0.25, -0.2) is 8.42 Å². The number of hydrogen-bond donors (Lipinski definition) is 0. The highest BCUT2D eigenvalue weighted by Crippen LogP contribution is 2.36. The molecule has 0 spiro atoms. The number of methoxy groups -OCH3 is 3. The van der Waals surface area contributed by atoms with E-state index in [0.717, 1.165) is 5.56 Å². The molecule has 0 aromatic heterocycles. The van der Waals surface area contributed by atoms with Gasteiger partial charge in [-0.2, -0.15) is 0 Å². The van der Waals surface area contributed by atoms with Gasteiger partial charge in [0, 0.05) is 6.07 Å². The lowest BCUT2D eigenvalue weighted by molar-refractivity contribution is 0.355. The Bertz CT molecular complexity index is 818. The zero-order valence-corrected chi connectivity index (χ0v) is 15.8. The van der Waals surface area contributed by atoms with E-state index in [4.69, 9.17) is 14.2 Å². The first-order chi connectivity index (χ1) is 11.8. The molecule has 0 aliphatic carbocycles. The minimum atomic E-state index is -3.52. The van der Waals surface area contributed by atoms with Crippen LogP contribution in [0.4, 0.5) is 5.69 Å². The van der Waals surface area contributed by atoms with Crippen LogP contribution in [0, 0.1) is 0 Å². The number of ether oxygens (including phenoxy) is 3. The Morgan fingerprint density at radius 1 is 0.880 bits per heavy atom. The summed E-state index contributed by atoms with van der Waals surface area (Å²) in [5, 5.41) is 0. The molecule has 136 valence electrons. The Morgan fingerprint density at radius 3 is 1.96 bits per heavy atom. The van der Waals surface area contributed by atoms with Gasteiger partial charge in [-0.1, -0.05) is 12.1 Å². The van der Waals surface area contributed by atoms with E-state index in [-0.39, 0.29) is 0 Å². The third kappa shape index (κ3) is 4.17. The molecular weight excluding hydrogens is 342 g/mol. The topological polar surface area (TPSA) is 65.1 Å². The largest absolute Gasteiger partial charge is 0.497 e. The van der Waals surface area contributed by atoms with Crippen LogP contribution < -0.4 is 18.5 Å². The summed E-state index contributed by atoms with van der Waals surface area (Å²) < 4.78 is 41.9. The number of rotatable bonds is 7. The Labute approximate surface area is 149 Å². The fourth-order valence-electron chi connectivity index (χ4n) is 2.68. The van der Waals surface area contributed by atoms with Crippen LogP contribution in [0.15, 0.2) is 42.5 Å². The Kier molecular flexibility index (Phi) is 5.79. The molecule has 7 heteroatoms. The van der Waals surface area contributed by atoms with Gasteiger partial charge in [0.15, 0.2) is 11.5 Å². The maximum atomic E-state index is 12.5. The van der Waals surface area contributed by atoms with Crippen LogP contribution >= 0.6 is 0 Å². The quantitative estimate of drug-likeness (QED) is 0.754. The summed E-state index contributed by atoms with van der Waals surface area (Å²) in [6.07, 6.45) is 1.18. The van der Waals surface area contributed by atoms with Crippen LogP contribution in [0.1, 0.15) is 18.5 Å². The van der Waals surface area contributed by atoms with Gasteiger partial charge < -0.3 is 14.2 Å². The monoisotopic (exact) mass is 365 g/mol. The normalized spacial score (nSPS) is 12.4. The van der Waals surface area contributed by atoms with E-state index in [9.17, 15) is 8.42 Å². The van der Waals surface area contributed by atoms with Crippen molar-refractivity contribution in [3.05, 3.63) is 48.0 Å². The molecule has 1 unspecified atom stereocenters. The van der Waals surface area contributed by atoms with E-state index >= 15 is 0 Å². The van der Waals surface area contributed by atoms with E-state index in [1.807, 2.05) is 19.1 Å². The van der Waals surface area contributed by atoms with Crippen LogP contribution in [0.3, 0.4) is 0 Å². The molecule has 0 aliphatic heterocycles. The molecule has 0 radical (unpaired) electrons. The summed E-state index contributed by atoms with van der Waals surface area (Å²) >= 11 is 0. The second-order valence-corrected chi connectivity index (χ2v) is 7.41. The first-order valence-corrected chi connectivity index (χ1v) is 9.52. The van der Waals surface area contributed by atoms with Crippen molar-refractivity contribution in [2.24, 2.45) is 0 Å². The molecule has 2 rings (SSSR count). The van der Waals surface area contributed by atoms with Gasteiger partial charge in [0.2, 0.25) is 10.0 Å². The molecule has 6 nitrogen and oxygen atoms in total. The molecule has 0 saturated heterocycles. The fraction of sp³-hybridized carbons (Fsp3) is 0.333. The summed E-state index contributed by atoms with van der Waals surface area (Å²) in [6.45, 7) is 1.83.